The van der Waals surface area contributed by atoms with Crippen molar-refractivity contribution < 1.29 is 26.4 Å². The smallest absolute Gasteiger partial charge is 0.339 e. The van der Waals surface area contributed by atoms with E-state index in [1.54, 1.807) is 31.2 Å². The van der Waals surface area contributed by atoms with Crippen molar-refractivity contribution in [2.24, 2.45) is 4.36 Å². The number of aryl methyl sites for hydroxylation is 1. The lowest BCUT2D eigenvalue weighted by molar-refractivity contribution is -0.159. The van der Waals surface area contributed by atoms with Gasteiger partial charge in [-0.1, -0.05) is 22.4 Å². The first kappa shape index (κ1) is 20.7. The molecule has 4 rings (SSSR count). The molecule has 2 aromatic heterocycles. The maximum Gasteiger partial charge on any atom is 0.471 e. The normalized spacial score (nSPS) is 13.7. The Labute approximate surface area is 174 Å². The van der Waals surface area contributed by atoms with Gasteiger partial charge in [0.25, 0.3) is 0 Å². The number of hydrogen-bond donors (Lipinski definition) is 0. The van der Waals surface area contributed by atoms with Gasteiger partial charge in [0.1, 0.15) is 0 Å². The van der Waals surface area contributed by atoms with Crippen molar-refractivity contribution in [2.75, 3.05) is 6.26 Å². The maximum absolute atomic E-state index is 13.2. The first-order valence-corrected chi connectivity index (χ1v) is 10.7. The van der Waals surface area contributed by atoms with E-state index in [1.165, 1.54) is 30.5 Å². The Balaban J connectivity index is 1.62. The first-order chi connectivity index (χ1) is 14.6. The van der Waals surface area contributed by atoms with Crippen LogP contribution in [0, 0.1) is 6.92 Å². The summed E-state index contributed by atoms with van der Waals surface area (Å²) >= 11 is 0. The molecule has 1 atom stereocenters. The van der Waals surface area contributed by atoms with Crippen LogP contribution < -0.4 is 0 Å². The number of halogens is 3. The van der Waals surface area contributed by atoms with Crippen LogP contribution in [0.3, 0.4) is 0 Å². The molecule has 12 heteroatoms. The number of rotatable bonds is 4. The molecule has 0 aliphatic carbocycles. The third-order valence-corrected chi connectivity index (χ3v) is 5.84. The summed E-state index contributed by atoms with van der Waals surface area (Å²) in [6.45, 7) is 1.67. The van der Waals surface area contributed by atoms with Crippen molar-refractivity contribution in [3.8, 4) is 22.8 Å². The van der Waals surface area contributed by atoms with Crippen LogP contribution in [0.5, 0.6) is 0 Å². The molecule has 0 N–H and O–H groups in total. The molecule has 2 heterocycles. The van der Waals surface area contributed by atoms with E-state index >= 15 is 0 Å². The second kappa shape index (κ2) is 7.61. The SMILES string of the molecule is Cc1nc(-c2cccc(N=S(C)(=O)c3ccc(-c4noc(C(F)(F)F)n4)cc3)c2)no1. The zero-order valence-corrected chi connectivity index (χ0v) is 16.9. The van der Waals surface area contributed by atoms with Crippen molar-refractivity contribution >= 4 is 15.4 Å². The summed E-state index contributed by atoms with van der Waals surface area (Å²) in [4.78, 5) is 7.87. The highest BCUT2D eigenvalue weighted by Crippen LogP contribution is 2.30. The van der Waals surface area contributed by atoms with Crippen LogP contribution in [0.2, 0.25) is 0 Å². The summed E-state index contributed by atoms with van der Waals surface area (Å²) in [5, 5.41) is 7.18. The van der Waals surface area contributed by atoms with Gasteiger partial charge in [-0.3, -0.25) is 0 Å². The van der Waals surface area contributed by atoms with Gasteiger partial charge < -0.3 is 9.05 Å². The van der Waals surface area contributed by atoms with E-state index in [-0.39, 0.29) is 11.4 Å². The second-order valence-electron chi connectivity index (χ2n) is 6.53. The Hall–Kier alpha value is -3.54. The predicted molar refractivity (Wildman–Crippen MR) is 104 cm³/mol. The monoisotopic (exact) mass is 449 g/mol. The standard InChI is InChI=1S/C19H14F3N5O3S/c1-11-23-17(25-29-11)13-4-3-5-14(10-13)27-31(2,28)15-8-6-12(7-9-15)16-24-18(30-26-16)19(20,21)22/h3-10H,1-2H3. The Morgan fingerprint density at radius 1 is 0.935 bits per heavy atom. The number of benzene rings is 2. The fourth-order valence-electron chi connectivity index (χ4n) is 2.68. The van der Waals surface area contributed by atoms with Crippen LogP contribution >= 0.6 is 0 Å². The molecule has 0 bridgehead atoms. The van der Waals surface area contributed by atoms with E-state index in [4.69, 9.17) is 4.52 Å². The number of hydrogen-bond acceptors (Lipinski definition) is 8. The quantitative estimate of drug-likeness (QED) is 0.436. The molecule has 4 aromatic rings. The van der Waals surface area contributed by atoms with Gasteiger partial charge >= 0.3 is 12.1 Å². The number of alkyl halides is 3. The molecule has 0 spiro atoms. The number of aromatic nitrogens is 4. The number of nitrogens with zero attached hydrogens (tertiary/aromatic N) is 5. The van der Waals surface area contributed by atoms with E-state index in [1.807, 2.05) is 0 Å². The summed E-state index contributed by atoms with van der Waals surface area (Å²) in [5.74, 6) is -0.848. The second-order valence-corrected chi connectivity index (χ2v) is 8.79. The van der Waals surface area contributed by atoms with Gasteiger partial charge in [0.05, 0.1) is 15.4 Å². The topological polar surface area (TPSA) is 107 Å². The zero-order chi connectivity index (χ0) is 22.2. The van der Waals surface area contributed by atoms with Crippen molar-refractivity contribution in [1.82, 2.24) is 20.3 Å². The molecule has 160 valence electrons. The van der Waals surface area contributed by atoms with E-state index in [0.717, 1.165) is 0 Å². The molecule has 8 nitrogen and oxygen atoms in total. The summed E-state index contributed by atoms with van der Waals surface area (Å²) < 4.78 is 64.6. The molecule has 0 aliphatic rings. The molecule has 31 heavy (non-hydrogen) atoms. The summed E-state index contributed by atoms with van der Waals surface area (Å²) in [6, 6.07) is 12.8. The van der Waals surface area contributed by atoms with Gasteiger partial charge in [-0.25, -0.2) is 4.21 Å². The van der Waals surface area contributed by atoms with Gasteiger partial charge in [-0.2, -0.15) is 27.5 Å². The van der Waals surface area contributed by atoms with Crippen LogP contribution in [-0.2, 0) is 15.9 Å². The minimum absolute atomic E-state index is 0.221. The van der Waals surface area contributed by atoms with Crippen LogP contribution in [-0.4, -0.2) is 30.7 Å². The van der Waals surface area contributed by atoms with Crippen molar-refractivity contribution in [3.63, 3.8) is 0 Å². The van der Waals surface area contributed by atoms with Gasteiger partial charge in [0.2, 0.25) is 17.5 Å². The maximum atomic E-state index is 13.2. The van der Waals surface area contributed by atoms with Crippen molar-refractivity contribution in [2.45, 2.75) is 18.0 Å². The average molecular weight is 449 g/mol. The molecule has 0 saturated heterocycles. The molecule has 0 radical (unpaired) electrons. The molecule has 0 fully saturated rings. The Kier molecular flexibility index (Phi) is 5.09. The molecule has 2 aromatic carbocycles. The highest BCUT2D eigenvalue weighted by Gasteiger charge is 2.38. The molecule has 0 amide bonds. The van der Waals surface area contributed by atoms with Gasteiger partial charge in [-0.15, -0.1) is 0 Å². The van der Waals surface area contributed by atoms with Crippen molar-refractivity contribution in [1.29, 1.82) is 0 Å². The molecule has 0 aliphatic heterocycles. The third kappa shape index (κ3) is 4.48. The fraction of sp³-hybridized carbons (Fsp3) is 0.158. The van der Waals surface area contributed by atoms with Crippen LogP contribution in [0.25, 0.3) is 22.8 Å². The molecular weight excluding hydrogens is 435 g/mol. The van der Waals surface area contributed by atoms with Gasteiger partial charge in [-0.05, 0) is 36.4 Å². The van der Waals surface area contributed by atoms with E-state index in [9.17, 15) is 17.4 Å². The zero-order valence-electron chi connectivity index (χ0n) is 16.1. The predicted octanol–water partition coefficient (Wildman–Crippen LogP) is 4.90. The highest BCUT2D eigenvalue weighted by atomic mass is 32.2. The Morgan fingerprint density at radius 2 is 1.61 bits per heavy atom. The average Bonchev–Trinajstić information content (AvgIpc) is 3.37. The summed E-state index contributed by atoms with van der Waals surface area (Å²) in [7, 11) is -2.86. The lowest BCUT2D eigenvalue weighted by atomic mass is 10.2. The minimum Gasteiger partial charge on any atom is -0.339 e. The van der Waals surface area contributed by atoms with E-state index in [0.29, 0.717) is 27.9 Å². The summed E-state index contributed by atoms with van der Waals surface area (Å²) in [5.41, 5.74) is 1.39. The van der Waals surface area contributed by atoms with Gasteiger partial charge in [0, 0.05) is 29.2 Å². The first-order valence-electron chi connectivity index (χ1n) is 8.76. The molecule has 1 unspecified atom stereocenters. The lowest BCUT2D eigenvalue weighted by Crippen LogP contribution is -2.04. The van der Waals surface area contributed by atoms with E-state index < -0.39 is 21.8 Å². The highest BCUT2D eigenvalue weighted by molar-refractivity contribution is 7.93. The minimum atomic E-state index is -4.73. The Morgan fingerprint density at radius 3 is 2.23 bits per heavy atom. The van der Waals surface area contributed by atoms with Crippen LogP contribution in [0.4, 0.5) is 18.9 Å². The molecule has 0 saturated carbocycles. The largest absolute Gasteiger partial charge is 0.471 e. The van der Waals surface area contributed by atoms with Crippen molar-refractivity contribution in [3.05, 3.63) is 60.3 Å². The van der Waals surface area contributed by atoms with E-state index in [2.05, 4.69) is 29.2 Å². The lowest BCUT2D eigenvalue weighted by Gasteiger charge is -2.06. The van der Waals surface area contributed by atoms with Crippen LogP contribution in [0.15, 0.2) is 66.8 Å². The molecular formula is C19H14F3N5O3S. The fourth-order valence-corrected chi connectivity index (χ4v) is 3.95. The Bertz CT molecular complexity index is 1350. The van der Waals surface area contributed by atoms with Gasteiger partial charge in [0.15, 0.2) is 0 Å². The summed E-state index contributed by atoms with van der Waals surface area (Å²) in [6.07, 6.45) is -3.26. The third-order valence-electron chi connectivity index (χ3n) is 4.13. The van der Waals surface area contributed by atoms with Crippen LogP contribution in [0.1, 0.15) is 11.8 Å².